The van der Waals surface area contributed by atoms with Gasteiger partial charge in [0.1, 0.15) is 5.82 Å². The van der Waals surface area contributed by atoms with E-state index in [1.807, 2.05) is 49.4 Å². The zero-order valence-corrected chi connectivity index (χ0v) is 26.0. The predicted molar refractivity (Wildman–Crippen MR) is 167 cm³/mol. The van der Waals surface area contributed by atoms with E-state index in [4.69, 9.17) is 0 Å². The Labute approximate surface area is 260 Å². The molecular weight excluding hydrogens is 566 g/mol. The number of nitrogens with zero attached hydrogens (tertiary/aromatic N) is 7. The Morgan fingerprint density at radius 2 is 1.71 bits per heavy atom. The maximum Gasteiger partial charge on any atom is 2.00 e. The Morgan fingerprint density at radius 1 is 0.929 bits per heavy atom. The molecule has 0 unspecified atom stereocenters. The number of aromatic nitrogens is 3. The number of rotatable bonds is 13. The van der Waals surface area contributed by atoms with Crippen LogP contribution < -0.4 is 10.2 Å². The van der Waals surface area contributed by atoms with Crippen LogP contribution in [0.15, 0.2) is 78.2 Å². The Bertz CT molecular complexity index is 1440. The van der Waals surface area contributed by atoms with E-state index in [1.54, 1.807) is 31.6 Å². The summed E-state index contributed by atoms with van der Waals surface area (Å²) in [5.41, 5.74) is 9.76. The number of hydrogen-bond donors (Lipinski definition) is 1. The van der Waals surface area contributed by atoms with Gasteiger partial charge in [0.2, 0.25) is 5.95 Å². The molecule has 10 heteroatoms. The zero-order chi connectivity index (χ0) is 29.0. The minimum Gasteiger partial charge on any atom is -0.690 e. The first-order valence-electron chi connectivity index (χ1n) is 14.1. The number of aryl methyl sites for hydroxylation is 1. The summed E-state index contributed by atoms with van der Waals surface area (Å²) in [4.78, 5) is 15.6. The van der Waals surface area contributed by atoms with Crippen LogP contribution in [0, 0.1) is 12.7 Å². The number of benzene rings is 2. The standard InChI is InChI=1S/C32H37FN8.V/c1-5-7-8-18-41(17-6-2)28-21-24(20-25(33)22-28)29-14-16-36-32(38-29)37-26-9-11-27(12-10-26)39-40-31(34-4)30-19-23(3)13-15-35-30;/h9-16,19-22H,5-8,17-18H2,1-4H3,(H-,34,36,37,38,40);/q-2;+2. The Kier molecular flexibility index (Phi) is 12.8. The summed E-state index contributed by atoms with van der Waals surface area (Å²) >= 11 is 0. The van der Waals surface area contributed by atoms with Crippen molar-refractivity contribution in [1.82, 2.24) is 15.0 Å². The van der Waals surface area contributed by atoms with Crippen LogP contribution in [0.2, 0.25) is 0 Å². The van der Waals surface area contributed by atoms with Crippen LogP contribution in [-0.2, 0) is 18.6 Å². The molecule has 8 nitrogen and oxygen atoms in total. The van der Waals surface area contributed by atoms with Gasteiger partial charge in [0.05, 0.1) is 11.4 Å². The first-order valence-corrected chi connectivity index (χ1v) is 14.1. The predicted octanol–water partition coefficient (Wildman–Crippen LogP) is 8.50. The van der Waals surface area contributed by atoms with Gasteiger partial charge in [0.15, 0.2) is 0 Å². The van der Waals surface area contributed by atoms with Gasteiger partial charge in [-0.15, -0.1) is 5.69 Å². The molecule has 0 atom stereocenters. The molecule has 0 bridgehead atoms. The van der Waals surface area contributed by atoms with E-state index in [1.165, 1.54) is 6.07 Å². The van der Waals surface area contributed by atoms with Gasteiger partial charge in [-0.25, -0.2) is 14.4 Å². The monoisotopic (exact) mass is 603 g/mol. The second kappa shape index (κ2) is 16.5. The van der Waals surface area contributed by atoms with Crippen LogP contribution in [-0.4, -0.2) is 40.9 Å². The van der Waals surface area contributed by atoms with Crippen molar-refractivity contribution in [2.45, 2.75) is 46.5 Å². The first-order chi connectivity index (χ1) is 20.0. The third-order valence-electron chi connectivity index (χ3n) is 6.46. The Hall–Kier alpha value is -3.95. The van der Waals surface area contributed by atoms with E-state index in [9.17, 15) is 4.39 Å². The number of hydrogen-bond acceptors (Lipinski definition) is 6. The second-order valence-corrected chi connectivity index (χ2v) is 9.80. The van der Waals surface area contributed by atoms with Gasteiger partial charge in [-0.3, -0.25) is 4.98 Å². The fourth-order valence-corrected chi connectivity index (χ4v) is 4.39. The second-order valence-electron chi connectivity index (χ2n) is 9.80. The molecule has 42 heavy (non-hydrogen) atoms. The third kappa shape index (κ3) is 9.29. The van der Waals surface area contributed by atoms with Crippen molar-refractivity contribution in [1.29, 1.82) is 0 Å². The van der Waals surface area contributed by atoms with Crippen molar-refractivity contribution in [2.24, 2.45) is 5.10 Å². The number of unbranched alkanes of at least 4 members (excludes halogenated alkanes) is 2. The summed E-state index contributed by atoms with van der Waals surface area (Å²) in [5, 5.41) is 11.7. The largest absolute Gasteiger partial charge is 2.00 e. The summed E-state index contributed by atoms with van der Waals surface area (Å²) < 4.78 is 14.7. The van der Waals surface area contributed by atoms with Gasteiger partial charge in [-0.2, -0.15) is 0 Å². The molecule has 1 radical (unpaired) electrons. The number of halogens is 1. The van der Waals surface area contributed by atoms with Gasteiger partial charge in [0.25, 0.3) is 0 Å². The molecular formula is C32H37FN8V. The van der Waals surface area contributed by atoms with Crippen LogP contribution in [0.5, 0.6) is 0 Å². The maximum atomic E-state index is 14.7. The Balaban J connectivity index is 0.00000484. The van der Waals surface area contributed by atoms with Gasteiger partial charge >= 0.3 is 18.6 Å². The molecule has 0 aliphatic carbocycles. The summed E-state index contributed by atoms with van der Waals surface area (Å²) in [5.74, 6) is 0.601. The summed E-state index contributed by atoms with van der Waals surface area (Å²) in [6.45, 7) is 8.12. The third-order valence-corrected chi connectivity index (χ3v) is 6.46. The van der Waals surface area contributed by atoms with E-state index >= 15 is 0 Å². The molecule has 2 aromatic heterocycles. The molecule has 0 spiro atoms. The number of nitrogens with one attached hydrogen (secondary N) is 1. The van der Waals surface area contributed by atoms with Crippen molar-refractivity contribution in [3.8, 4) is 11.3 Å². The zero-order valence-electron chi connectivity index (χ0n) is 24.6. The smallest absolute Gasteiger partial charge is 0.690 e. The fraction of sp³-hybridized carbons (Fsp3) is 0.312. The van der Waals surface area contributed by atoms with Crippen molar-refractivity contribution in [2.75, 3.05) is 30.4 Å². The van der Waals surface area contributed by atoms with E-state index in [-0.39, 0.29) is 24.4 Å². The normalized spacial score (nSPS) is 11.0. The van der Waals surface area contributed by atoms with Crippen LogP contribution in [0.25, 0.3) is 22.0 Å². The molecule has 0 saturated heterocycles. The summed E-state index contributed by atoms with van der Waals surface area (Å²) in [6, 6.07) is 18.2. The van der Waals surface area contributed by atoms with Crippen molar-refractivity contribution >= 4 is 28.8 Å². The van der Waals surface area contributed by atoms with Crippen molar-refractivity contribution < 1.29 is 22.9 Å². The molecule has 1 N–H and O–H groups in total. The van der Waals surface area contributed by atoms with E-state index in [2.05, 4.69) is 54.9 Å². The van der Waals surface area contributed by atoms with Gasteiger partial charge in [-0.05, 0) is 73.9 Å². The van der Waals surface area contributed by atoms with Crippen LogP contribution in [0.1, 0.15) is 50.8 Å². The minimum atomic E-state index is -0.276. The maximum absolute atomic E-state index is 14.7. The molecule has 4 rings (SSSR count). The first kappa shape index (κ1) is 32.6. The molecule has 0 amide bonds. The van der Waals surface area contributed by atoms with Crippen molar-refractivity contribution in [3.05, 3.63) is 101 Å². The summed E-state index contributed by atoms with van der Waals surface area (Å²) in [6.07, 6.45) is 7.79. The average molecular weight is 604 g/mol. The summed E-state index contributed by atoms with van der Waals surface area (Å²) in [7, 11) is 1.67. The minimum absolute atomic E-state index is 0. The molecule has 0 aliphatic rings. The quantitative estimate of drug-likeness (QED) is 0.0716. The molecule has 217 valence electrons. The SMILES string of the molecule is CCCCCN(CCC)c1cc(F)cc(-c2ccnc(Nc3ccc([N-]/N=C(\[N-]C)c4cc(C)ccn4)cc3)n2)c1.[V+2]. The topological polar surface area (TPSA) is 94.5 Å². The average Bonchev–Trinajstić information content (AvgIpc) is 2.98. The van der Waals surface area contributed by atoms with Crippen LogP contribution in [0.3, 0.4) is 0 Å². The molecule has 0 fully saturated rings. The number of pyridine rings is 1. The molecule has 2 aromatic carbocycles. The Morgan fingerprint density at radius 3 is 2.43 bits per heavy atom. The van der Waals surface area contributed by atoms with E-state index in [0.29, 0.717) is 34.4 Å². The molecule has 0 saturated carbocycles. The molecule has 4 aromatic rings. The van der Waals surface area contributed by atoms with Gasteiger partial charge in [-0.1, -0.05) is 51.7 Å². The van der Waals surface area contributed by atoms with Crippen LogP contribution in [0.4, 0.5) is 27.4 Å². The van der Waals surface area contributed by atoms with E-state index in [0.717, 1.165) is 55.7 Å². The fourth-order valence-electron chi connectivity index (χ4n) is 4.39. The van der Waals surface area contributed by atoms with Crippen LogP contribution >= 0.6 is 0 Å². The van der Waals surface area contributed by atoms with E-state index < -0.39 is 0 Å². The van der Waals surface area contributed by atoms with Gasteiger partial charge < -0.3 is 26.1 Å². The number of anilines is 3. The molecule has 0 aliphatic heterocycles. The van der Waals surface area contributed by atoms with Crippen molar-refractivity contribution in [3.63, 3.8) is 0 Å². The molecule has 2 heterocycles. The number of amidine groups is 1. The van der Waals surface area contributed by atoms with Gasteiger partial charge in [0, 0.05) is 42.4 Å².